The zero-order chi connectivity index (χ0) is 16.9. The molecule has 24 heavy (non-hydrogen) atoms. The van der Waals surface area contributed by atoms with Crippen LogP contribution in [0.25, 0.3) is 17.1 Å². The average Bonchev–Trinajstić information content (AvgIpc) is 3.18. The van der Waals surface area contributed by atoms with Gasteiger partial charge in [0.2, 0.25) is 0 Å². The molecule has 5 nitrogen and oxygen atoms in total. The van der Waals surface area contributed by atoms with Crippen molar-refractivity contribution in [2.75, 3.05) is 5.75 Å². The number of carbonyl (C=O) groups is 1. The summed E-state index contributed by atoms with van der Waals surface area (Å²) < 4.78 is 7.46. The Kier molecular flexibility index (Phi) is 5.15. The van der Waals surface area contributed by atoms with Gasteiger partial charge in [-0.2, -0.15) is 0 Å². The van der Waals surface area contributed by atoms with E-state index in [1.54, 1.807) is 24.9 Å². The third kappa shape index (κ3) is 3.59. The Morgan fingerprint density at radius 3 is 2.67 bits per heavy atom. The van der Waals surface area contributed by atoms with Crippen LogP contribution >= 0.6 is 11.8 Å². The minimum absolute atomic E-state index is 0.217. The normalized spacial score (nSPS) is 10.9. The number of para-hydroxylation sites is 1. The van der Waals surface area contributed by atoms with Crippen LogP contribution in [0.2, 0.25) is 0 Å². The van der Waals surface area contributed by atoms with Crippen LogP contribution in [0.1, 0.15) is 25.5 Å². The van der Waals surface area contributed by atoms with E-state index in [2.05, 4.69) is 10.2 Å². The zero-order valence-electron chi connectivity index (χ0n) is 13.7. The first-order valence-corrected chi connectivity index (χ1v) is 8.83. The molecule has 3 rings (SSSR count). The number of benzene rings is 1. The maximum atomic E-state index is 11.1. The Morgan fingerprint density at radius 1 is 1.21 bits per heavy atom. The monoisotopic (exact) mass is 341 g/mol. The molecule has 0 amide bonds. The van der Waals surface area contributed by atoms with Crippen molar-refractivity contribution in [2.45, 2.75) is 31.8 Å². The SMILES string of the molecule is CC(=O)CCCSc1nnc(-c2ccoc2C)n1-c1ccccc1. The topological polar surface area (TPSA) is 60.9 Å². The quantitative estimate of drug-likeness (QED) is 0.474. The van der Waals surface area contributed by atoms with Crippen LogP contribution in [0.15, 0.2) is 52.2 Å². The standard InChI is InChI=1S/C18H19N3O2S/c1-13(22)7-6-12-24-18-20-19-17(16-10-11-23-14(16)2)21(18)15-8-4-3-5-9-15/h3-5,8-11H,6-7,12H2,1-2H3. The predicted octanol–water partition coefficient (Wildman–Crippen LogP) is 4.30. The molecule has 0 bridgehead atoms. The van der Waals surface area contributed by atoms with Gasteiger partial charge in [0.15, 0.2) is 11.0 Å². The lowest BCUT2D eigenvalue weighted by Crippen LogP contribution is -2.00. The maximum absolute atomic E-state index is 11.1. The molecule has 0 fully saturated rings. The number of ketones is 1. The number of thioether (sulfide) groups is 1. The molecule has 0 unspecified atom stereocenters. The number of nitrogens with zero attached hydrogens (tertiary/aromatic N) is 3. The van der Waals surface area contributed by atoms with Crippen LogP contribution < -0.4 is 0 Å². The highest BCUT2D eigenvalue weighted by Gasteiger charge is 2.18. The van der Waals surface area contributed by atoms with E-state index in [-0.39, 0.29) is 5.78 Å². The summed E-state index contributed by atoms with van der Waals surface area (Å²) in [5.41, 5.74) is 1.94. The van der Waals surface area contributed by atoms with Crippen LogP contribution in [0, 0.1) is 6.92 Å². The molecule has 0 saturated carbocycles. The minimum Gasteiger partial charge on any atom is -0.469 e. The molecular formula is C18H19N3O2S. The molecule has 0 atom stereocenters. The van der Waals surface area contributed by atoms with Crippen molar-refractivity contribution in [3.63, 3.8) is 0 Å². The number of aromatic nitrogens is 3. The number of aryl methyl sites for hydroxylation is 1. The van der Waals surface area contributed by atoms with E-state index in [1.807, 2.05) is 47.9 Å². The van der Waals surface area contributed by atoms with Crippen molar-refractivity contribution in [3.05, 3.63) is 48.4 Å². The molecule has 124 valence electrons. The first kappa shape index (κ1) is 16.5. The summed E-state index contributed by atoms with van der Waals surface area (Å²) in [6.07, 6.45) is 3.09. The first-order chi connectivity index (χ1) is 11.7. The molecule has 2 aromatic heterocycles. The fraction of sp³-hybridized carbons (Fsp3) is 0.278. The van der Waals surface area contributed by atoms with Crippen molar-refractivity contribution in [1.82, 2.24) is 14.8 Å². The molecule has 3 aromatic rings. The molecule has 2 heterocycles. The van der Waals surface area contributed by atoms with Crippen molar-refractivity contribution in [2.24, 2.45) is 0 Å². The lowest BCUT2D eigenvalue weighted by Gasteiger charge is -2.09. The number of hydrogen-bond acceptors (Lipinski definition) is 5. The highest BCUT2D eigenvalue weighted by atomic mass is 32.2. The molecule has 0 aliphatic heterocycles. The number of hydrogen-bond donors (Lipinski definition) is 0. The van der Waals surface area contributed by atoms with Gasteiger partial charge in [-0.25, -0.2) is 0 Å². The van der Waals surface area contributed by atoms with Crippen molar-refractivity contribution in [3.8, 4) is 17.1 Å². The maximum Gasteiger partial charge on any atom is 0.196 e. The second-order valence-corrected chi connectivity index (χ2v) is 6.58. The van der Waals surface area contributed by atoms with Gasteiger partial charge in [-0.05, 0) is 38.5 Å². The Morgan fingerprint density at radius 2 is 2.00 bits per heavy atom. The third-order valence-corrected chi connectivity index (χ3v) is 4.67. The van der Waals surface area contributed by atoms with Gasteiger partial charge >= 0.3 is 0 Å². The van der Waals surface area contributed by atoms with Gasteiger partial charge in [-0.1, -0.05) is 30.0 Å². The minimum atomic E-state index is 0.217. The molecule has 0 N–H and O–H groups in total. The van der Waals surface area contributed by atoms with Crippen molar-refractivity contribution < 1.29 is 9.21 Å². The van der Waals surface area contributed by atoms with E-state index in [0.29, 0.717) is 6.42 Å². The van der Waals surface area contributed by atoms with Gasteiger partial charge in [0.05, 0.1) is 11.8 Å². The summed E-state index contributed by atoms with van der Waals surface area (Å²) in [7, 11) is 0. The van der Waals surface area contributed by atoms with E-state index in [9.17, 15) is 4.79 Å². The lowest BCUT2D eigenvalue weighted by atomic mass is 10.2. The molecular weight excluding hydrogens is 322 g/mol. The average molecular weight is 341 g/mol. The molecule has 6 heteroatoms. The fourth-order valence-electron chi connectivity index (χ4n) is 2.45. The summed E-state index contributed by atoms with van der Waals surface area (Å²) >= 11 is 1.61. The van der Waals surface area contributed by atoms with Gasteiger partial charge < -0.3 is 9.21 Å². The fourth-order valence-corrected chi connectivity index (χ4v) is 3.34. The van der Waals surface area contributed by atoms with Gasteiger partial charge in [-0.15, -0.1) is 10.2 Å². The Bertz CT molecular complexity index is 824. The zero-order valence-corrected chi connectivity index (χ0v) is 14.5. The summed E-state index contributed by atoms with van der Waals surface area (Å²) in [6, 6.07) is 11.9. The third-order valence-electron chi connectivity index (χ3n) is 3.65. The summed E-state index contributed by atoms with van der Waals surface area (Å²) in [5.74, 6) is 2.62. The van der Waals surface area contributed by atoms with Crippen molar-refractivity contribution >= 4 is 17.5 Å². The summed E-state index contributed by atoms with van der Waals surface area (Å²) in [5, 5.41) is 9.55. The first-order valence-electron chi connectivity index (χ1n) is 7.84. The van der Waals surface area contributed by atoms with E-state index in [4.69, 9.17) is 4.42 Å². The van der Waals surface area contributed by atoms with Crippen LogP contribution in [-0.2, 0) is 4.79 Å². The van der Waals surface area contributed by atoms with Crippen molar-refractivity contribution in [1.29, 1.82) is 0 Å². The number of rotatable bonds is 7. The summed E-state index contributed by atoms with van der Waals surface area (Å²) in [4.78, 5) is 11.1. The molecule has 1 aromatic carbocycles. The molecule has 0 radical (unpaired) electrons. The van der Waals surface area contributed by atoms with Gasteiger partial charge in [0.25, 0.3) is 0 Å². The summed E-state index contributed by atoms with van der Waals surface area (Å²) in [6.45, 7) is 3.54. The second kappa shape index (κ2) is 7.49. The Balaban J connectivity index is 1.93. The van der Waals surface area contributed by atoms with Crippen LogP contribution in [0.5, 0.6) is 0 Å². The lowest BCUT2D eigenvalue weighted by molar-refractivity contribution is -0.117. The van der Waals surface area contributed by atoms with E-state index in [0.717, 1.165) is 40.2 Å². The van der Waals surface area contributed by atoms with E-state index >= 15 is 0 Å². The Labute approximate surface area is 145 Å². The van der Waals surface area contributed by atoms with E-state index in [1.165, 1.54) is 0 Å². The second-order valence-electron chi connectivity index (χ2n) is 5.52. The molecule has 0 aliphatic rings. The van der Waals surface area contributed by atoms with Gasteiger partial charge in [0.1, 0.15) is 11.5 Å². The van der Waals surface area contributed by atoms with Crippen LogP contribution in [0.4, 0.5) is 0 Å². The highest BCUT2D eigenvalue weighted by molar-refractivity contribution is 7.99. The number of furan rings is 1. The van der Waals surface area contributed by atoms with Gasteiger partial charge in [0, 0.05) is 17.9 Å². The number of Topliss-reactive ketones (excluding diaryl/α,β-unsaturated/α-hetero) is 1. The largest absolute Gasteiger partial charge is 0.469 e. The van der Waals surface area contributed by atoms with Crippen LogP contribution in [-0.4, -0.2) is 26.3 Å². The predicted molar refractivity (Wildman–Crippen MR) is 94.4 cm³/mol. The van der Waals surface area contributed by atoms with Crippen LogP contribution in [0.3, 0.4) is 0 Å². The van der Waals surface area contributed by atoms with E-state index < -0.39 is 0 Å². The Hall–Kier alpha value is -2.34. The molecule has 0 aliphatic carbocycles. The molecule has 0 spiro atoms. The molecule has 0 saturated heterocycles. The highest BCUT2D eigenvalue weighted by Crippen LogP contribution is 2.30. The smallest absolute Gasteiger partial charge is 0.196 e. The number of carbonyl (C=O) groups excluding carboxylic acids is 1. The van der Waals surface area contributed by atoms with Gasteiger partial charge in [-0.3, -0.25) is 4.57 Å².